The zero-order chi connectivity index (χ0) is 13.1. The van der Waals surface area contributed by atoms with E-state index < -0.39 is 0 Å². The number of pyridine rings is 1. The van der Waals surface area contributed by atoms with Gasteiger partial charge in [0.05, 0.1) is 33.9 Å². The highest BCUT2D eigenvalue weighted by molar-refractivity contribution is 6.42. The number of hydrogen-bond donors (Lipinski definition) is 1. The number of nitrogens with zero attached hydrogens (tertiary/aromatic N) is 2. The summed E-state index contributed by atoms with van der Waals surface area (Å²) >= 11 is 11.8. The zero-order valence-corrected chi connectivity index (χ0v) is 10.8. The molecule has 0 saturated heterocycles. The third-order valence-electron chi connectivity index (χ3n) is 2.54. The third-order valence-corrected chi connectivity index (χ3v) is 3.28. The molecule has 2 N–H and O–H groups in total. The van der Waals surface area contributed by atoms with Gasteiger partial charge in [0.1, 0.15) is 0 Å². The Morgan fingerprint density at radius 1 is 1.22 bits per heavy atom. The molecule has 0 fully saturated rings. The Kier molecular flexibility index (Phi) is 3.71. The number of anilines is 1. The molecule has 0 aliphatic carbocycles. The van der Waals surface area contributed by atoms with Crippen molar-refractivity contribution in [1.82, 2.24) is 4.98 Å². The van der Waals surface area contributed by atoms with Crippen LogP contribution >= 0.6 is 23.2 Å². The van der Waals surface area contributed by atoms with E-state index >= 15 is 0 Å². The van der Waals surface area contributed by atoms with Crippen LogP contribution in [0.5, 0.6) is 0 Å². The molecule has 1 heterocycles. The van der Waals surface area contributed by atoms with Crippen molar-refractivity contribution in [3.05, 3.63) is 46.1 Å². The summed E-state index contributed by atoms with van der Waals surface area (Å²) in [6.07, 6.45) is 1.88. The maximum atomic E-state index is 8.72. The smallest absolute Gasteiger partial charge is 0.0934 e. The quantitative estimate of drug-likeness (QED) is 0.910. The minimum Gasteiger partial charge on any atom is -0.397 e. The largest absolute Gasteiger partial charge is 0.397 e. The molecule has 0 atom stereocenters. The van der Waals surface area contributed by atoms with E-state index in [1.807, 2.05) is 0 Å². The van der Waals surface area contributed by atoms with Crippen LogP contribution in [0.3, 0.4) is 0 Å². The summed E-state index contributed by atoms with van der Waals surface area (Å²) in [5.41, 5.74) is 8.65. The molecule has 1 aromatic carbocycles. The van der Waals surface area contributed by atoms with Gasteiger partial charge in [-0.05, 0) is 23.8 Å². The van der Waals surface area contributed by atoms with Crippen molar-refractivity contribution in [3.8, 4) is 17.3 Å². The predicted octanol–water partition coefficient (Wildman–Crippen LogP) is 3.70. The highest BCUT2D eigenvalue weighted by Crippen LogP contribution is 2.31. The lowest BCUT2D eigenvalue weighted by Crippen LogP contribution is -1.99. The Bertz CT molecular complexity index is 633. The van der Waals surface area contributed by atoms with Crippen LogP contribution in [0.15, 0.2) is 30.5 Å². The molecule has 0 amide bonds. The minimum atomic E-state index is 0.253. The van der Waals surface area contributed by atoms with E-state index in [0.717, 1.165) is 11.1 Å². The van der Waals surface area contributed by atoms with Crippen molar-refractivity contribution >= 4 is 28.9 Å². The first-order valence-corrected chi connectivity index (χ1v) is 5.95. The maximum absolute atomic E-state index is 8.72. The zero-order valence-electron chi connectivity index (χ0n) is 9.32. The van der Waals surface area contributed by atoms with Crippen molar-refractivity contribution in [3.63, 3.8) is 0 Å². The van der Waals surface area contributed by atoms with Crippen LogP contribution in [-0.4, -0.2) is 4.98 Å². The van der Waals surface area contributed by atoms with Crippen molar-refractivity contribution in [2.45, 2.75) is 6.42 Å². The van der Waals surface area contributed by atoms with Gasteiger partial charge in [0.15, 0.2) is 0 Å². The van der Waals surface area contributed by atoms with Gasteiger partial charge in [0, 0.05) is 11.8 Å². The van der Waals surface area contributed by atoms with Gasteiger partial charge >= 0.3 is 0 Å². The van der Waals surface area contributed by atoms with Crippen LogP contribution in [-0.2, 0) is 6.42 Å². The third kappa shape index (κ3) is 2.40. The van der Waals surface area contributed by atoms with Crippen LogP contribution < -0.4 is 5.73 Å². The van der Waals surface area contributed by atoms with E-state index in [-0.39, 0.29) is 6.42 Å². The van der Waals surface area contributed by atoms with Gasteiger partial charge in [-0.1, -0.05) is 29.3 Å². The Hall–Kier alpha value is -1.76. The van der Waals surface area contributed by atoms with E-state index in [9.17, 15) is 0 Å². The molecular formula is C13H9Cl2N3. The number of rotatable bonds is 2. The Morgan fingerprint density at radius 3 is 2.67 bits per heavy atom. The number of aromatic nitrogens is 1. The van der Waals surface area contributed by atoms with E-state index in [1.165, 1.54) is 0 Å². The van der Waals surface area contributed by atoms with E-state index in [1.54, 1.807) is 30.5 Å². The SMILES string of the molecule is N#CCc1ccnc(-c2ccc(Cl)c(Cl)c2)c1N. The summed E-state index contributed by atoms with van der Waals surface area (Å²) in [7, 11) is 0. The highest BCUT2D eigenvalue weighted by atomic mass is 35.5. The fourth-order valence-electron chi connectivity index (χ4n) is 1.63. The van der Waals surface area contributed by atoms with Gasteiger partial charge in [-0.15, -0.1) is 0 Å². The van der Waals surface area contributed by atoms with E-state index in [2.05, 4.69) is 11.1 Å². The first-order valence-electron chi connectivity index (χ1n) is 5.19. The van der Waals surface area contributed by atoms with Crippen LogP contribution in [0, 0.1) is 11.3 Å². The van der Waals surface area contributed by atoms with Crippen LogP contribution in [0.1, 0.15) is 5.56 Å². The molecule has 2 aromatic rings. The second kappa shape index (κ2) is 5.26. The van der Waals surface area contributed by atoms with E-state index in [4.69, 9.17) is 34.2 Å². The summed E-state index contributed by atoms with van der Waals surface area (Å²) < 4.78 is 0. The van der Waals surface area contributed by atoms with Gasteiger partial charge < -0.3 is 5.73 Å². The van der Waals surface area contributed by atoms with Gasteiger partial charge in [0.25, 0.3) is 0 Å². The lowest BCUT2D eigenvalue weighted by Gasteiger charge is -2.08. The Morgan fingerprint density at radius 2 is 2.00 bits per heavy atom. The molecule has 18 heavy (non-hydrogen) atoms. The minimum absolute atomic E-state index is 0.253. The summed E-state index contributed by atoms with van der Waals surface area (Å²) in [5.74, 6) is 0. The molecule has 0 aliphatic rings. The molecule has 0 unspecified atom stereocenters. The van der Waals surface area contributed by atoms with E-state index in [0.29, 0.717) is 21.4 Å². The standard InChI is InChI=1S/C13H9Cl2N3/c14-10-2-1-9(7-11(10)15)13-12(17)8(3-5-16)4-6-18-13/h1-2,4,6-7H,3,17H2. The van der Waals surface area contributed by atoms with Crippen molar-refractivity contribution in [2.24, 2.45) is 0 Å². The highest BCUT2D eigenvalue weighted by Gasteiger charge is 2.10. The number of halogens is 2. The molecule has 0 radical (unpaired) electrons. The molecular weight excluding hydrogens is 269 g/mol. The molecule has 0 bridgehead atoms. The average molecular weight is 278 g/mol. The summed E-state index contributed by atoms with van der Waals surface area (Å²) in [4.78, 5) is 4.23. The molecule has 90 valence electrons. The van der Waals surface area contributed by atoms with Gasteiger partial charge in [-0.25, -0.2) is 0 Å². The van der Waals surface area contributed by atoms with Gasteiger partial charge in [0.2, 0.25) is 0 Å². The van der Waals surface area contributed by atoms with Crippen molar-refractivity contribution < 1.29 is 0 Å². The number of benzene rings is 1. The van der Waals surface area contributed by atoms with Crippen LogP contribution in [0.25, 0.3) is 11.3 Å². The number of nitrogen functional groups attached to an aromatic ring is 1. The lowest BCUT2D eigenvalue weighted by molar-refractivity contribution is 1.22. The normalized spacial score (nSPS) is 10.1. The fourth-order valence-corrected chi connectivity index (χ4v) is 1.92. The fraction of sp³-hybridized carbons (Fsp3) is 0.0769. The number of nitriles is 1. The first-order chi connectivity index (χ1) is 8.63. The number of nitrogens with two attached hydrogens (primary N) is 1. The summed E-state index contributed by atoms with van der Waals surface area (Å²) in [6, 6.07) is 9.00. The Balaban J connectivity index is 2.54. The van der Waals surface area contributed by atoms with Gasteiger partial charge in [-0.3, -0.25) is 4.98 Å². The number of hydrogen-bond acceptors (Lipinski definition) is 3. The molecule has 1 aromatic heterocycles. The topological polar surface area (TPSA) is 62.7 Å². The molecule has 0 spiro atoms. The van der Waals surface area contributed by atoms with Gasteiger partial charge in [-0.2, -0.15) is 5.26 Å². The molecule has 2 rings (SSSR count). The monoisotopic (exact) mass is 277 g/mol. The van der Waals surface area contributed by atoms with Crippen LogP contribution in [0.4, 0.5) is 5.69 Å². The van der Waals surface area contributed by atoms with Crippen molar-refractivity contribution in [1.29, 1.82) is 5.26 Å². The second-order valence-corrected chi connectivity index (χ2v) is 4.51. The molecule has 0 aliphatic heterocycles. The van der Waals surface area contributed by atoms with Crippen LogP contribution in [0.2, 0.25) is 10.0 Å². The average Bonchev–Trinajstić information content (AvgIpc) is 2.36. The molecule has 3 nitrogen and oxygen atoms in total. The second-order valence-electron chi connectivity index (χ2n) is 3.70. The first kappa shape index (κ1) is 12.7. The molecule has 5 heteroatoms. The Labute approximate surface area is 115 Å². The van der Waals surface area contributed by atoms with Crippen molar-refractivity contribution in [2.75, 3.05) is 5.73 Å². The predicted molar refractivity (Wildman–Crippen MR) is 73.4 cm³/mol. The summed E-state index contributed by atoms with van der Waals surface area (Å²) in [5, 5.41) is 9.65. The lowest BCUT2D eigenvalue weighted by atomic mass is 10.1. The summed E-state index contributed by atoms with van der Waals surface area (Å²) in [6.45, 7) is 0. The maximum Gasteiger partial charge on any atom is 0.0934 e. The molecule has 0 saturated carbocycles.